The molecule has 0 fully saturated rings. The minimum absolute atomic E-state index is 0.843. The zero-order valence-electron chi connectivity index (χ0n) is 27.5. The largest absolute Gasteiger partial charge is 0.309 e. The van der Waals surface area contributed by atoms with Crippen LogP contribution in [0.2, 0.25) is 0 Å². The van der Waals surface area contributed by atoms with E-state index in [2.05, 4.69) is 164 Å². The summed E-state index contributed by atoms with van der Waals surface area (Å²) in [4.78, 5) is 9.78. The lowest BCUT2D eigenvalue weighted by atomic mass is 10.1. The first kappa shape index (κ1) is 27.9. The minimum Gasteiger partial charge on any atom is -0.309 e. The lowest BCUT2D eigenvalue weighted by Crippen LogP contribution is -1.99. The van der Waals surface area contributed by atoms with Crippen LogP contribution < -0.4 is 0 Å². The number of rotatable bonds is 4. The van der Waals surface area contributed by atoms with Crippen LogP contribution >= 0.6 is 0 Å². The van der Waals surface area contributed by atoms with Gasteiger partial charge in [0.15, 0.2) is 0 Å². The number of pyridine rings is 2. The van der Waals surface area contributed by atoms with Crippen molar-refractivity contribution in [3.8, 4) is 28.6 Å². The summed E-state index contributed by atoms with van der Waals surface area (Å²) in [5.41, 5.74) is 11.0. The SMILES string of the molecule is c1ccc(-n2c3ccccc3c3c2ccc2c4ccc5c(c6ccccc6n5-c5cccc(-c6ccccn6)n5)c4n(-c4ccccc4)c23)cc1. The summed E-state index contributed by atoms with van der Waals surface area (Å²) in [7, 11) is 0. The van der Waals surface area contributed by atoms with Crippen LogP contribution in [-0.2, 0) is 0 Å². The molecule has 0 saturated heterocycles. The molecular weight excluding hydrogens is 623 g/mol. The van der Waals surface area contributed by atoms with Gasteiger partial charge >= 0.3 is 0 Å². The smallest absolute Gasteiger partial charge is 0.138 e. The first-order chi connectivity index (χ1) is 25.3. The average molecular weight is 652 g/mol. The minimum atomic E-state index is 0.843. The fourth-order valence-electron chi connectivity index (χ4n) is 8.24. The van der Waals surface area contributed by atoms with Gasteiger partial charge < -0.3 is 9.13 Å². The Kier molecular flexibility index (Phi) is 5.89. The van der Waals surface area contributed by atoms with E-state index in [-0.39, 0.29) is 0 Å². The van der Waals surface area contributed by atoms with Gasteiger partial charge in [0.1, 0.15) is 5.82 Å². The molecule has 6 aromatic carbocycles. The fraction of sp³-hybridized carbons (Fsp3) is 0. The molecule has 11 rings (SSSR count). The van der Waals surface area contributed by atoms with E-state index in [4.69, 9.17) is 4.98 Å². The van der Waals surface area contributed by atoms with Crippen LogP contribution in [0.3, 0.4) is 0 Å². The van der Waals surface area contributed by atoms with Crippen molar-refractivity contribution in [1.82, 2.24) is 23.7 Å². The molecule has 0 atom stereocenters. The van der Waals surface area contributed by atoms with Gasteiger partial charge in [-0.25, -0.2) is 4.98 Å². The molecule has 0 saturated carbocycles. The van der Waals surface area contributed by atoms with Crippen LogP contribution in [0.25, 0.3) is 94.0 Å². The molecular formula is C46H29N5. The van der Waals surface area contributed by atoms with Crippen molar-refractivity contribution in [2.45, 2.75) is 0 Å². The maximum absolute atomic E-state index is 5.19. The summed E-state index contributed by atoms with van der Waals surface area (Å²) < 4.78 is 7.21. The highest BCUT2D eigenvalue weighted by Crippen LogP contribution is 2.46. The summed E-state index contributed by atoms with van der Waals surface area (Å²) in [5, 5.41) is 7.31. The van der Waals surface area contributed by atoms with E-state index >= 15 is 0 Å². The van der Waals surface area contributed by atoms with Crippen LogP contribution in [0.4, 0.5) is 0 Å². The van der Waals surface area contributed by atoms with Crippen molar-refractivity contribution in [2.75, 3.05) is 0 Å². The van der Waals surface area contributed by atoms with Gasteiger partial charge in [0, 0.05) is 49.9 Å². The van der Waals surface area contributed by atoms with Gasteiger partial charge in [-0.2, -0.15) is 0 Å². The van der Waals surface area contributed by atoms with Gasteiger partial charge in [0.25, 0.3) is 0 Å². The van der Waals surface area contributed by atoms with Gasteiger partial charge in [-0.05, 0) is 72.8 Å². The van der Waals surface area contributed by atoms with Crippen molar-refractivity contribution in [2.24, 2.45) is 0 Å². The lowest BCUT2D eigenvalue weighted by molar-refractivity contribution is 1.08. The molecule has 5 nitrogen and oxygen atoms in total. The highest BCUT2D eigenvalue weighted by Gasteiger charge is 2.24. The molecule has 11 aromatic rings. The van der Waals surface area contributed by atoms with Gasteiger partial charge in [-0.1, -0.05) is 97.1 Å². The number of fused-ring (bicyclic) bond motifs is 11. The average Bonchev–Trinajstić information content (AvgIpc) is 3.84. The van der Waals surface area contributed by atoms with Gasteiger partial charge in [-0.15, -0.1) is 0 Å². The first-order valence-electron chi connectivity index (χ1n) is 17.3. The van der Waals surface area contributed by atoms with Crippen molar-refractivity contribution in [1.29, 1.82) is 0 Å². The molecule has 5 heterocycles. The Morgan fingerprint density at radius 3 is 1.49 bits per heavy atom. The summed E-state index contributed by atoms with van der Waals surface area (Å²) in [5.74, 6) is 0.861. The molecule has 0 bridgehead atoms. The summed E-state index contributed by atoms with van der Waals surface area (Å²) in [6, 6.07) is 60.4. The molecule has 0 amide bonds. The zero-order chi connectivity index (χ0) is 33.5. The number of hydrogen-bond donors (Lipinski definition) is 0. The molecule has 51 heavy (non-hydrogen) atoms. The third kappa shape index (κ3) is 3.97. The van der Waals surface area contributed by atoms with Gasteiger partial charge in [-0.3, -0.25) is 9.55 Å². The standard InChI is InChI=1S/C46H29N5/c1-3-14-30(15-4-1)49-38-22-9-7-18-34(38)43-40(49)27-25-32-33-26-28-41-44(46(33)50(45(32)43)31-16-5-2-6-17-31)35-19-8-10-23-39(35)51(41)42-24-13-21-37(48-42)36-20-11-12-29-47-36/h1-29H. The monoisotopic (exact) mass is 651 g/mol. The van der Waals surface area contributed by atoms with E-state index in [9.17, 15) is 0 Å². The molecule has 0 aliphatic rings. The van der Waals surface area contributed by atoms with Crippen molar-refractivity contribution in [3.63, 3.8) is 0 Å². The topological polar surface area (TPSA) is 40.6 Å². The molecule has 5 aromatic heterocycles. The summed E-state index contributed by atoms with van der Waals surface area (Å²) in [6.45, 7) is 0. The van der Waals surface area contributed by atoms with Crippen molar-refractivity contribution < 1.29 is 0 Å². The Bertz CT molecular complexity index is 3120. The Hall–Kier alpha value is -6.98. The van der Waals surface area contributed by atoms with E-state index in [1.807, 2.05) is 30.5 Å². The van der Waals surface area contributed by atoms with Gasteiger partial charge in [0.2, 0.25) is 0 Å². The van der Waals surface area contributed by atoms with E-state index < -0.39 is 0 Å². The first-order valence-corrected chi connectivity index (χ1v) is 17.3. The Labute approximate surface area is 292 Å². The number of aromatic nitrogens is 5. The van der Waals surface area contributed by atoms with Crippen LogP contribution in [0.1, 0.15) is 0 Å². The predicted octanol–water partition coefficient (Wildman–Crippen LogP) is 11.4. The Morgan fingerprint density at radius 2 is 0.863 bits per heavy atom. The molecule has 5 heteroatoms. The maximum atomic E-state index is 5.19. The molecule has 0 spiro atoms. The number of para-hydroxylation sites is 4. The quantitative estimate of drug-likeness (QED) is 0.190. The van der Waals surface area contributed by atoms with Crippen LogP contribution in [0.5, 0.6) is 0 Å². The van der Waals surface area contributed by atoms with E-state index in [1.54, 1.807) is 0 Å². The molecule has 0 N–H and O–H groups in total. The Balaban J connectivity index is 1.33. The highest BCUT2D eigenvalue weighted by molar-refractivity contribution is 6.31. The van der Waals surface area contributed by atoms with Crippen LogP contribution in [-0.4, -0.2) is 23.7 Å². The van der Waals surface area contributed by atoms with E-state index in [1.165, 1.54) is 54.4 Å². The predicted molar refractivity (Wildman–Crippen MR) is 210 cm³/mol. The van der Waals surface area contributed by atoms with Crippen molar-refractivity contribution in [3.05, 3.63) is 176 Å². The second-order valence-electron chi connectivity index (χ2n) is 13.0. The molecule has 0 aliphatic carbocycles. The second kappa shape index (κ2) is 10.8. The maximum Gasteiger partial charge on any atom is 0.138 e. The Morgan fingerprint density at radius 1 is 0.333 bits per heavy atom. The lowest BCUT2D eigenvalue weighted by Gasteiger charge is -2.11. The number of benzene rings is 6. The van der Waals surface area contributed by atoms with E-state index in [0.717, 1.165) is 39.6 Å². The zero-order valence-corrected chi connectivity index (χ0v) is 27.5. The molecule has 0 radical (unpaired) electrons. The molecule has 0 unspecified atom stereocenters. The van der Waals surface area contributed by atoms with Gasteiger partial charge in [0.05, 0.1) is 44.5 Å². The summed E-state index contributed by atoms with van der Waals surface area (Å²) >= 11 is 0. The fourth-order valence-corrected chi connectivity index (χ4v) is 8.24. The van der Waals surface area contributed by atoms with E-state index in [0.29, 0.717) is 0 Å². The molecule has 0 aliphatic heterocycles. The molecule has 238 valence electrons. The highest BCUT2D eigenvalue weighted by atomic mass is 15.1. The third-order valence-corrected chi connectivity index (χ3v) is 10.3. The number of hydrogen-bond acceptors (Lipinski definition) is 2. The number of nitrogens with zero attached hydrogens (tertiary/aromatic N) is 5. The van der Waals surface area contributed by atoms with Crippen LogP contribution in [0, 0.1) is 0 Å². The normalized spacial score (nSPS) is 11.9. The third-order valence-electron chi connectivity index (χ3n) is 10.3. The van der Waals surface area contributed by atoms with Crippen LogP contribution in [0.15, 0.2) is 176 Å². The second-order valence-corrected chi connectivity index (χ2v) is 13.0. The van der Waals surface area contributed by atoms with Crippen molar-refractivity contribution >= 4 is 65.4 Å². The summed E-state index contributed by atoms with van der Waals surface area (Å²) in [6.07, 6.45) is 1.82.